The lowest BCUT2D eigenvalue weighted by molar-refractivity contribution is 0.567. The van der Waals surface area contributed by atoms with Gasteiger partial charge < -0.3 is 5.73 Å². The predicted molar refractivity (Wildman–Crippen MR) is 86.1 cm³/mol. The second-order valence-electron chi connectivity index (χ2n) is 4.54. The van der Waals surface area contributed by atoms with Crippen LogP contribution < -0.4 is 10.5 Å². The highest BCUT2D eigenvalue weighted by Crippen LogP contribution is 2.26. The molecule has 0 aliphatic heterocycles. The van der Waals surface area contributed by atoms with Crippen molar-refractivity contribution < 1.29 is 8.42 Å². The van der Waals surface area contributed by atoms with Gasteiger partial charge in [-0.2, -0.15) is 0 Å². The van der Waals surface area contributed by atoms with Gasteiger partial charge in [-0.05, 0) is 31.5 Å². The van der Waals surface area contributed by atoms with Gasteiger partial charge in [-0.3, -0.25) is 0 Å². The van der Waals surface area contributed by atoms with Crippen molar-refractivity contribution in [3.05, 3.63) is 39.3 Å². The molecule has 0 spiro atoms. The summed E-state index contributed by atoms with van der Waals surface area (Å²) in [5.41, 5.74) is 5.88. The number of nitrogens with zero attached hydrogens (tertiary/aromatic N) is 1. The summed E-state index contributed by atoms with van der Waals surface area (Å²) in [5, 5.41) is 1.04. The van der Waals surface area contributed by atoms with E-state index < -0.39 is 16.1 Å². The van der Waals surface area contributed by atoms with Gasteiger partial charge in [0.1, 0.15) is 9.90 Å². The zero-order chi connectivity index (χ0) is 15.6. The van der Waals surface area contributed by atoms with E-state index in [1.807, 2.05) is 6.92 Å². The lowest BCUT2D eigenvalue weighted by Gasteiger charge is -2.13. The Kier molecular flexibility index (Phi) is 4.88. The minimum Gasteiger partial charge on any atom is -0.398 e. The number of hydrogen-bond donors (Lipinski definition) is 2. The fourth-order valence-corrected chi connectivity index (χ4v) is 4.31. The van der Waals surface area contributed by atoms with Crippen LogP contribution in [0.1, 0.15) is 29.8 Å². The smallest absolute Gasteiger partial charge is 0.243 e. The molecule has 1 unspecified atom stereocenters. The van der Waals surface area contributed by atoms with E-state index in [-0.39, 0.29) is 10.6 Å². The van der Waals surface area contributed by atoms with Crippen LogP contribution in [0.15, 0.2) is 29.3 Å². The Morgan fingerprint density at radius 2 is 2.19 bits per heavy atom. The van der Waals surface area contributed by atoms with E-state index in [4.69, 9.17) is 17.3 Å². The standard InChI is InChI=1S/C13H16ClN3O2S2/c1-3-10-7-16-13(20-10)8(2)17-21(18,19)12-6-9(14)4-5-11(12)15/h4-8,17H,3,15H2,1-2H3. The second kappa shape index (κ2) is 6.31. The molecule has 1 atom stereocenters. The molecule has 114 valence electrons. The van der Waals surface area contributed by atoms with Crippen molar-refractivity contribution in [2.24, 2.45) is 0 Å². The molecule has 0 aliphatic rings. The average molecular weight is 346 g/mol. The Bertz CT molecular complexity index is 744. The van der Waals surface area contributed by atoms with Gasteiger partial charge in [0.05, 0.1) is 11.7 Å². The van der Waals surface area contributed by atoms with Crippen molar-refractivity contribution in [3.63, 3.8) is 0 Å². The van der Waals surface area contributed by atoms with Crippen molar-refractivity contribution in [1.82, 2.24) is 9.71 Å². The Balaban J connectivity index is 2.26. The maximum absolute atomic E-state index is 12.4. The van der Waals surface area contributed by atoms with E-state index in [2.05, 4.69) is 9.71 Å². The molecular weight excluding hydrogens is 330 g/mol. The molecule has 1 aromatic carbocycles. The number of sulfonamides is 1. The van der Waals surface area contributed by atoms with Crippen LogP contribution in [0.25, 0.3) is 0 Å². The SMILES string of the molecule is CCc1cnc(C(C)NS(=O)(=O)c2cc(Cl)ccc2N)s1. The van der Waals surface area contributed by atoms with Gasteiger partial charge in [-0.1, -0.05) is 18.5 Å². The lowest BCUT2D eigenvalue weighted by atomic mass is 10.3. The Hall–Kier alpha value is -1.15. The third-order valence-corrected chi connectivity index (χ3v) is 6.04. The number of halogens is 1. The van der Waals surface area contributed by atoms with Gasteiger partial charge in [0.2, 0.25) is 10.0 Å². The molecule has 1 heterocycles. The van der Waals surface area contributed by atoms with E-state index in [0.717, 1.165) is 16.3 Å². The monoisotopic (exact) mass is 345 g/mol. The highest BCUT2D eigenvalue weighted by atomic mass is 35.5. The van der Waals surface area contributed by atoms with E-state index in [0.29, 0.717) is 5.02 Å². The number of thiazole rings is 1. The molecule has 5 nitrogen and oxygen atoms in total. The fraction of sp³-hybridized carbons (Fsp3) is 0.308. The lowest BCUT2D eigenvalue weighted by Crippen LogP contribution is -2.27. The maximum Gasteiger partial charge on any atom is 0.243 e. The quantitative estimate of drug-likeness (QED) is 0.816. The molecule has 2 rings (SSSR count). The molecule has 0 amide bonds. The van der Waals surface area contributed by atoms with Crippen molar-refractivity contribution in [2.75, 3.05) is 5.73 Å². The van der Waals surface area contributed by atoms with E-state index in [1.54, 1.807) is 19.2 Å². The molecule has 0 aliphatic carbocycles. The summed E-state index contributed by atoms with van der Waals surface area (Å²) < 4.78 is 27.4. The molecule has 0 fully saturated rings. The maximum atomic E-state index is 12.4. The first kappa shape index (κ1) is 16.2. The molecule has 0 bridgehead atoms. The molecule has 8 heteroatoms. The summed E-state index contributed by atoms with van der Waals surface area (Å²) in [5.74, 6) is 0. The molecule has 2 aromatic rings. The molecule has 21 heavy (non-hydrogen) atoms. The number of rotatable bonds is 5. The zero-order valence-electron chi connectivity index (χ0n) is 11.6. The minimum atomic E-state index is -3.75. The number of anilines is 1. The minimum absolute atomic E-state index is 0.0193. The second-order valence-corrected chi connectivity index (χ2v) is 7.81. The van der Waals surface area contributed by atoms with Crippen LogP contribution in [-0.2, 0) is 16.4 Å². The van der Waals surface area contributed by atoms with Gasteiger partial charge in [-0.25, -0.2) is 18.1 Å². The van der Waals surface area contributed by atoms with Crippen LogP contribution in [0.5, 0.6) is 0 Å². The summed E-state index contributed by atoms with van der Waals surface area (Å²) in [4.78, 5) is 5.33. The largest absolute Gasteiger partial charge is 0.398 e. The Morgan fingerprint density at radius 3 is 2.81 bits per heavy atom. The first-order valence-electron chi connectivity index (χ1n) is 6.35. The van der Waals surface area contributed by atoms with Crippen LogP contribution in [-0.4, -0.2) is 13.4 Å². The van der Waals surface area contributed by atoms with Crippen LogP contribution in [0, 0.1) is 0 Å². The van der Waals surface area contributed by atoms with E-state index >= 15 is 0 Å². The zero-order valence-corrected chi connectivity index (χ0v) is 14.0. The highest BCUT2D eigenvalue weighted by Gasteiger charge is 2.22. The van der Waals surface area contributed by atoms with Crippen molar-refractivity contribution in [3.8, 4) is 0 Å². The van der Waals surface area contributed by atoms with Crippen molar-refractivity contribution in [2.45, 2.75) is 31.2 Å². The molecule has 3 N–H and O–H groups in total. The topological polar surface area (TPSA) is 85.1 Å². The summed E-state index contributed by atoms with van der Waals surface area (Å²) in [6.07, 6.45) is 2.64. The summed E-state index contributed by atoms with van der Waals surface area (Å²) >= 11 is 7.33. The Labute approximate surface area is 133 Å². The number of nitrogens with one attached hydrogen (secondary N) is 1. The summed E-state index contributed by atoms with van der Waals surface area (Å²) in [6.45, 7) is 3.77. The molecular formula is C13H16ClN3O2S2. The third kappa shape index (κ3) is 3.74. The third-order valence-electron chi connectivity index (χ3n) is 2.89. The number of aryl methyl sites for hydroxylation is 1. The first-order valence-corrected chi connectivity index (χ1v) is 9.03. The predicted octanol–water partition coefficient (Wildman–Crippen LogP) is 2.98. The molecule has 0 saturated heterocycles. The number of benzene rings is 1. The van der Waals surface area contributed by atoms with Crippen LogP contribution in [0.4, 0.5) is 5.69 Å². The van der Waals surface area contributed by atoms with E-state index in [9.17, 15) is 8.42 Å². The van der Waals surface area contributed by atoms with Gasteiger partial charge in [0, 0.05) is 16.1 Å². The number of hydrogen-bond acceptors (Lipinski definition) is 5. The van der Waals surface area contributed by atoms with Crippen LogP contribution in [0.2, 0.25) is 5.02 Å². The molecule has 1 aromatic heterocycles. The van der Waals surface area contributed by atoms with Crippen LogP contribution >= 0.6 is 22.9 Å². The average Bonchev–Trinajstić information content (AvgIpc) is 2.90. The van der Waals surface area contributed by atoms with Gasteiger partial charge in [0.25, 0.3) is 0 Å². The number of aromatic nitrogens is 1. The van der Waals surface area contributed by atoms with Crippen molar-refractivity contribution in [1.29, 1.82) is 0 Å². The summed E-state index contributed by atoms with van der Waals surface area (Å²) in [7, 11) is -3.75. The molecule has 0 saturated carbocycles. The van der Waals surface area contributed by atoms with Gasteiger partial charge in [-0.15, -0.1) is 11.3 Å². The van der Waals surface area contributed by atoms with Gasteiger partial charge in [0.15, 0.2) is 0 Å². The van der Waals surface area contributed by atoms with Gasteiger partial charge >= 0.3 is 0 Å². The number of nitrogen functional groups attached to an aromatic ring is 1. The van der Waals surface area contributed by atoms with Crippen molar-refractivity contribution >= 4 is 38.6 Å². The molecule has 0 radical (unpaired) electrons. The summed E-state index contributed by atoms with van der Waals surface area (Å²) in [6, 6.07) is 3.93. The fourth-order valence-electron chi connectivity index (χ4n) is 1.77. The highest BCUT2D eigenvalue weighted by molar-refractivity contribution is 7.89. The van der Waals surface area contributed by atoms with Crippen LogP contribution in [0.3, 0.4) is 0 Å². The first-order chi connectivity index (χ1) is 9.83. The Morgan fingerprint density at radius 1 is 1.48 bits per heavy atom. The normalized spacial score (nSPS) is 13.3. The van der Waals surface area contributed by atoms with E-state index in [1.165, 1.54) is 23.5 Å². The number of nitrogens with two attached hydrogens (primary N) is 1.